The van der Waals surface area contributed by atoms with E-state index in [4.69, 9.17) is 0 Å². The van der Waals surface area contributed by atoms with Crippen LogP contribution in [0.2, 0.25) is 0 Å². The van der Waals surface area contributed by atoms with Crippen LogP contribution in [0.25, 0.3) is 0 Å². The van der Waals surface area contributed by atoms with Gasteiger partial charge in [0.15, 0.2) is 5.78 Å². The third-order valence-corrected chi connectivity index (χ3v) is 3.67. The van der Waals surface area contributed by atoms with E-state index in [9.17, 15) is 18.0 Å². The number of rotatable bonds is 3. The molecule has 0 aromatic carbocycles. The summed E-state index contributed by atoms with van der Waals surface area (Å²) in [6.07, 6.45) is -4.17. The number of carbonyl (C=O) groups is 1. The normalized spacial score (nSPS) is 26.9. The molecule has 0 spiro atoms. The Balaban J connectivity index is 2.87. The van der Waals surface area contributed by atoms with Crippen molar-refractivity contribution in [2.24, 2.45) is 11.8 Å². The Morgan fingerprint density at radius 2 is 1.78 bits per heavy atom. The van der Waals surface area contributed by atoms with Crippen LogP contribution in [0.4, 0.5) is 13.2 Å². The minimum Gasteiger partial charge on any atom is -0.298 e. The maximum Gasteiger partial charge on any atom is 0.391 e. The van der Waals surface area contributed by atoms with Crippen molar-refractivity contribution < 1.29 is 18.0 Å². The molecule has 1 saturated heterocycles. The Morgan fingerprint density at radius 1 is 1.22 bits per heavy atom. The van der Waals surface area contributed by atoms with E-state index >= 15 is 0 Å². The topological polar surface area (TPSA) is 20.3 Å². The van der Waals surface area contributed by atoms with E-state index in [0.717, 1.165) is 0 Å². The molecule has 0 N–H and O–H groups in total. The molecule has 0 aliphatic carbocycles. The van der Waals surface area contributed by atoms with Gasteiger partial charge < -0.3 is 0 Å². The van der Waals surface area contributed by atoms with Crippen molar-refractivity contribution >= 4 is 5.78 Å². The van der Waals surface area contributed by atoms with E-state index in [2.05, 4.69) is 0 Å². The van der Waals surface area contributed by atoms with Gasteiger partial charge in [0.2, 0.25) is 0 Å². The number of nitrogens with zero attached hydrogens (tertiary/aromatic N) is 1. The van der Waals surface area contributed by atoms with Gasteiger partial charge in [-0.3, -0.25) is 9.69 Å². The maximum atomic E-state index is 12.8. The maximum absolute atomic E-state index is 12.8. The molecule has 106 valence electrons. The largest absolute Gasteiger partial charge is 0.391 e. The number of carbonyl (C=O) groups excluding carboxylic acids is 1. The zero-order valence-electron chi connectivity index (χ0n) is 11.4. The predicted molar refractivity (Wildman–Crippen MR) is 64.3 cm³/mol. The van der Waals surface area contributed by atoms with Crippen LogP contribution in [0.1, 0.15) is 40.5 Å². The van der Waals surface area contributed by atoms with Crippen molar-refractivity contribution in [3.8, 4) is 0 Å². The molecular weight excluding hydrogens is 243 g/mol. The van der Waals surface area contributed by atoms with Crippen molar-refractivity contribution in [3.05, 3.63) is 0 Å². The summed E-state index contributed by atoms with van der Waals surface area (Å²) in [4.78, 5) is 14.0. The van der Waals surface area contributed by atoms with Crippen LogP contribution in [0, 0.1) is 11.8 Å². The quantitative estimate of drug-likeness (QED) is 0.780. The molecule has 5 heteroatoms. The Kier molecular flexibility index (Phi) is 4.81. The average molecular weight is 265 g/mol. The van der Waals surface area contributed by atoms with Crippen LogP contribution in [0.5, 0.6) is 0 Å². The Bertz CT molecular complexity index is 299. The van der Waals surface area contributed by atoms with E-state index < -0.39 is 18.1 Å². The first kappa shape index (κ1) is 15.5. The monoisotopic (exact) mass is 265 g/mol. The van der Waals surface area contributed by atoms with Gasteiger partial charge in [0.25, 0.3) is 0 Å². The number of likely N-dealkylation sites (tertiary alicyclic amines) is 1. The van der Waals surface area contributed by atoms with Crippen molar-refractivity contribution in [3.63, 3.8) is 0 Å². The number of alkyl halides is 3. The summed E-state index contributed by atoms with van der Waals surface area (Å²) >= 11 is 0. The molecule has 1 fully saturated rings. The van der Waals surface area contributed by atoms with Crippen LogP contribution in [-0.2, 0) is 4.79 Å². The molecule has 0 unspecified atom stereocenters. The fourth-order valence-electron chi connectivity index (χ4n) is 2.56. The standard InChI is InChI=1S/C13H22F3NO/c1-8(2)12(18)11-7-10(13(14,15)16)5-6-17(11)9(3)4/h8-11H,5-7H2,1-4H3/t10-,11+/m1/s1. The lowest BCUT2D eigenvalue weighted by Gasteiger charge is -2.42. The van der Waals surface area contributed by atoms with Crippen molar-refractivity contribution in [2.75, 3.05) is 6.54 Å². The second-order valence-electron chi connectivity index (χ2n) is 5.67. The summed E-state index contributed by atoms with van der Waals surface area (Å²) in [6, 6.07) is -0.475. The molecule has 18 heavy (non-hydrogen) atoms. The predicted octanol–water partition coefficient (Wildman–Crippen LogP) is 3.26. The van der Waals surface area contributed by atoms with E-state index in [-0.39, 0.29) is 30.6 Å². The molecule has 0 aromatic rings. The average Bonchev–Trinajstić information content (AvgIpc) is 2.25. The second-order valence-corrected chi connectivity index (χ2v) is 5.67. The van der Waals surface area contributed by atoms with E-state index in [0.29, 0.717) is 6.54 Å². The lowest BCUT2D eigenvalue weighted by Crippen LogP contribution is -2.53. The van der Waals surface area contributed by atoms with Gasteiger partial charge in [-0.05, 0) is 33.2 Å². The molecule has 0 radical (unpaired) electrons. The van der Waals surface area contributed by atoms with Crippen molar-refractivity contribution in [1.29, 1.82) is 0 Å². The van der Waals surface area contributed by atoms with Crippen LogP contribution >= 0.6 is 0 Å². The molecule has 1 rings (SSSR count). The van der Waals surface area contributed by atoms with Crippen molar-refractivity contribution in [1.82, 2.24) is 4.90 Å². The smallest absolute Gasteiger partial charge is 0.298 e. The Morgan fingerprint density at radius 3 is 2.17 bits per heavy atom. The summed E-state index contributed by atoms with van der Waals surface area (Å²) in [5.74, 6) is -1.62. The highest BCUT2D eigenvalue weighted by Gasteiger charge is 2.46. The minimum atomic E-state index is -4.18. The Hall–Kier alpha value is -0.580. The molecule has 0 bridgehead atoms. The SMILES string of the molecule is CC(C)C(=O)[C@@H]1C[C@H](C(F)(F)F)CCN1C(C)C. The molecule has 2 nitrogen and oxygen atoms in total. The number of ketones is 1. The molecule has 1 aliphatic rings. The van der Waals surface area contributed by atoms with Gasteiger partial charge in [0, 0.05) is 12.0 Å². The first-order valence-corrected chi connectivity index (χ1v) is 6.50. The Labute approximate surface area is 107 Å². The van der Waals surface area contributed by atoms with Crippen LogP contribution in [-0.4, -0.2) is 35.5 Å². The molecule has 0 amide bonds. The van der Waals surface area contributed by atoms with Gasteiger partial charge in [-0.15, -0.1) is 0 Å². The van der Waals surface area contributed by atoms with E-state index in [1.54, 1.807) is 13.8 Å². The summed E-state index contributed by atoms with van der Waals surface area (Å²) in [7, 11) is 0. The number of hydrogen-bond acceptors (Lipinski definition) is 2. The minimum absolute atomic E-state index is 0.0716. The molecule has 1 heterocycles. The molecule has 2 atom stereocenters. The summed E-state index contributed by atoms with van der Waals surface area (Å²) in [6.45, 7) is 7.70. The highest BCUT2D eigenvalue weighted by Crippen LogP contribution is 2.37. The van der Waals surface area contributed by atoms with Gasteiger partial charge in [0.1, 0.15) is 0 Å². The van der Waals surface area contributed by atoms with Crippen molar-refractivity contribution in [2.45, 2.75) is 58.8 Å². The number of Topliss-reactive ketones (excluding diaryl/α,β-unsaturated/α-hetero) is 1. The first-order valence-electron chi connectivity index (χ1n) is 6.50. The molecule has 1 aliphatic heterocycles. The lowest BCUT2D eigenvalue weighted by molar-refractivity contribution is -0.191. The van der Waals surface area contributed by atoms with Gasteiger partial charge >= 0.3 is 6.18 Å². The third kappa shape index (κ3) is 3.46. The summed E-state index contributed by atoms with van der Waals surface area (Å²) < 4.78 is 38.3. The van der Waals surface area contributed by atoms with Gasteiger partial charge in [0.05, 0.1) is 12.0 Å². The molecule has 0 saturated carbocycles. The van der Waals surface area contributed by atoms with Crippen LogP contribution in [0.3, 0.4) is 0 Å². The van der Waals surface area contributed by atoms with E-state index in [1.807, 2.05) is 18.7 Å². The third-order valence-electron chi connectivity index (χ3n) is 3.67. The zero-order valence-corrected chi connectivity index (χ0v) is 11.4. The van der Waals surface area contributed by atoms with E-state index in [1.165, 1.54) is 0 Å². The van der Waals surface area contributed by atoms with Crippen LogP contribution in [0.15, 0.2) is 0 Å². The number of hydrogen-bond donors (Lipinski definition) is 0. The highest BCUT2D eigenvalue weighted by atomic mass is 19.4. The highest BCUT2D eigenvalue weighted by molar-refractivity contribution is 5.85. The molecular formula is C13H22F3NO. The van der Waals surface area contributed by atoms with Crippen LogP contribution < -0.4 is 0 Å². The summed E-state index contributed by atoms with van der Waals surface area (Å²) in [5, 5.41) is 0. The fourth-order valence-corrected chi connectivity index (χ4v) is 2.56. The molecule has 0 aromatic heterocycles. The van der Waals surface area contributed by atoms with Gasteiger partial charge in [-0.2, -0.15) is 13.2 Å². The van der Waals surface area contributed by atoms with Gasteiger partial charge in [-0.1, -0.05) is 13.8 Å². The lowest BCUT2D eigenvalue weighted by atomic mass is 9.84. The second kappa shape index (κ2) is 5.59. The number of piperidine rings is 1. The van der Waals surface area contributed by atoms with Gasteiger partial charge in [-0.25, -0.2) is 0 Å². The fraction of sp³-hybridized carbons (Fsp3) is 0.923. The number of halogens is 3. The zero-order chi connectivity index (χ0) is 14.1. The summed E-state index contributed by atoms with van der Waals surface area (Å²) in [5.41, 5.74) is 0. The first-order chi connectivity index (χ1) is 8.14.